The number of aliphatic hydroxyl groups excluding tert-OH is 1. The van der Waals surface area contributed by atoms with E-state index in [0.29, 0.717) is 42.1 Å². The van der Waals surface area contributed by atoms with Crippen molar-refractivity contribution >= 4 is 43.1 Å². The summed E-state index contributed by atoms with van der Waals surface area (Å²) in [6.07, 6.45) is 3.38. The number of hydrogen-bond acceptors (Lipinski definition) is 8. The van der Waals surface area contributed by atoms with Crippen LogP contribution in [0.5, 0.6) is 0 Å². The van der Waals surface area contributed by atoms with Gasteiger partial charge in [-0.05, 0) is 94.2 Å². The zero-order chi connectivity index (χ0) is 33.3. The van der Waals surface area contributed by atoms with Crippen LogP contribution in [-0.2, 0) is 31.3 Å². The summed E-state index contributed by atoms with van der Waals surface area (Å²) in [5.41, 5.74) is 1.76. The molecule has 1 spiro atoms. The molecule has 2 aromatic carbocycles. The number of aliphatic hydroxyl groups is 1. The summed E-state index contributed by atoms with van der Waals surface area (Å²) in [4.78, 5) is 54.1. The van der Waals surface area contributed by atoms with Gasteiger partial charge in [0, 0.05) is 48.1 Å². The first-order valence-corrected chi connectivity index (χ1v) is 20.1. The van der Waals surface area contributed by atoms with Crippen molar-refractivity contribution in [3.05, 3.63) is 53.6 Å². The fourth-order valence-electron chi connectivity index (χ4n) is 8.28. The van der Waals surface area contributed by atoms with Gasteiger partial charge in [-0.25, -0.2) is 0 Å². The minimum absolute atomic E-state index is 0.0144. The van der Waals surface area contributed by atoms with E-state index in [1.165, 1.54) is 0 Å². The zero-order valence-electron chi connectivity index (χ0n) is 27.7. The molecule has 11 nitrogen and oxygen atoms in total. The van der Waals surface area contributed by atoms with Crippen LogP contribution in [0.2, 0.25) is 18.6 Å². The van der Waals surface area contributed by atoms with E-state index < -0.39 is 20.0 Å². The number of nitrogens with zero attached hydrogens (tertiary/aromatic N) is 1. The largest absolute Gasteiger partial charge is 0.432 e. The van der Waals surface area contributed by atoms with Crippen molar-refractivity contribution in [2.24, 2.45) is 17.8 Å². The standard InChI is InChI=1S/C35H49N5O6Si/c1-22-31(47(2,3)45)30(13-16-41)46-35(22)28-18-27(39-33(43)25-9-6-15-37-20-25)11-12-29(28)40(34(35)44)21-23-7-4-10-26(17-23)38-32(42)24-8-5-14-36-19-24/h4,7,10-12,17-18,22,24-25,30-31,36-37,41,45H,5-6,8-9,13-16,19-21H2,1-3H3,(H,38,42)(H,39,43)/t22-,24?,25?,30+,31-,35+/m0/s1. The number of carbonyl (C=O) groups excluding carboxylic acids is 3. The average Bonchev–Trinajstić information content (AvgIpc) is 3.48. The summed E-state index contributed by atoms with van der Waals surface area (Å²) in [5.74, 6) is -0.901. The van der Waals surface area contributed by atoms with E-state index in [-0.39, 0.29) is 54.2 Å². The fraction of sp³-hybridized carbons (Fsp3) is 0.571. The number of hydrogen-bond donors (Lipinski definition) is 6. The van der Waals surface area contributed by atoms with Crippen LogP contribution in [0.1, 0.15) is 50.2 Å². The van der Waals surface area contributed by atoms with Gasteiger partial charge in [0.2, 0.25) is 11.8 Å². The Bertz CT molecular complexity index is 1490. The van der Waals surface area contributed by atoms with Crippen molar-refractivity contribution in [3.63, 3.8) is 0 Å². The van der Waals surface area contributed by atoms with Crippen molar-refractivity contribution in [2.75, 3.05) is 48.3 Å². The molecule has 4 aliphatic rings. The second-order valence-electron chi connectivity index (χ2n) is 14.3. The Balaban J connectivity index is 1.33. The van der Waals surface area contributed by atoms with E-state index in [9.17, 15) is 24.3 Å². The first-order chi connectivity index (χ1) is 22.5. The Hall–Kier alpha value is -3.13. The molecular formula is C35H49N5O6Si. The number of benzene rings is 2. The summed E-state index contributed by atoms with van der Waals surface area (Å²) in [6.45, 7) is 8.93. The summed E-state index contributed by atoms with van der Waals surface area (Å²) in [7, 11) is -2.86. The van der Waals surface area contributed by atoms with Crippen molar-refractivity contribution in [2.45, 2.75) is 75.9 Å². The maximum Gasteiger partial charge on any atom is 0.264 e. The van der Waals surface area contributed by atoms with E-state index >= 15 is 0 Å². The smallest absolute Gasteiger partial charge is 0.264 e. The third kappa shape index (κ3) is 6.64. The summed E-state index contributed by atoms with van der Waals surface area (Å²) < 4.78 is 6.77. The molecule has 0 aromatic heterocycles. The maximum atomic E-state index is 14.8. The highest BCUT2D eigenvalue weighted by atomic mass is 28.4. The van der Waals surface area contributed by atoms with Gasteiger partial charge in [0.25, 0.3) is 5.91 Å². The third-order valence-electron chi connectivity index (χ3n) is 10.5. The Morgan fingerprint density at radius 2 is 1.64 bits per heavy atom. The van der Waals surface area contributed by atoms with Crippen LogP contribution in [0, 0.1) is 17.8 Å². The van der Waals surface area contributed by atoms with Crippen molar-refractivity contribution in [3.8, 4) is 0 Å². The molecule has 4 aliphatic heterocycles. The first kappa shape index (κ1) is 33.8. The zero-order valence-corrected chi connectivity index (χ0v) is 28.7. The maximum absolute atomic E-state index is 14.8. The molecular weight excluding hydrogens is 615 g/mol. The minimum atomic E-state index is -2.86. The Morgan fingerprint density at radius 1 is 1.00 bits per heavy atom. The first-order valence-electron chi connectivity index (χ1n) is 17.1. The molecule has 12 heteroatoms. The van der Waals surface area contributed by atoms with Crippen LogP contribution in [0.3, 0.4) is 0 Å². The lowest BCUT2D eigenvalue weighted by Gasteiger charge is -2.32. The van der Waals surface area contributed by atoms with E-state index in [0.717, 1.165) is 44.3 Å². The number of carbonyl (C=O) groups is 3. The number of anilines is 3. The molecule has 6 N–H and O–H groups in total. The Morgan fingerprint density at radius 3 is 2.21 bits per heavy atom. The number of amides is 3. The predicted molar refractivity (Wildman–Crippen MR) is 183 cm³/mol. The lowest BCUT2D eigenvalue weighted by atomic mass is 9.82. The highest BCUT2D eigenvalue weighted by molar-refractivity contribution is 6.71. The molecule has 6 atom stereocenters. The highest BCUT2D eigenvalue weighted by Gasteiger charge is 2.66. The van der Waals surface area contributed by atoms with Crippen molar-refractivity contribution < 1.29 is 29.0 Å². The van der Waals surface area contributed by atoms with E-state index in [1.54, 1.807) is 4.90 Å². The second kappa shape index (κ2) is 13.8. The molecule has 0 saturated carbocycles. The van der Waals surface area contributed by atoms with Crippen LogP contribution in [0.15, 0.2) is 42.5 Å². The number of piperidine rings is 2. The van der Waals surface area contributed by atoms with Gasteiger partial charge >= 0.3 is 0 Å². The van der Waals surface area contributed by atoms with E-state index in [1.807, 2.05) is 62.5 Å². The number of nitrogens with one attached hydrogen (secondary N) is 4. The van der Waals surface area contributed by atoms with Gasteiger partial charge in [0.05, 0.1) is 30.2 Å². The summed E-state index contributed by atoms with van der Waals surface area (Å²) in [6, 6.07) is 13.1. The van der Waals surface area contributed by atoms with Gasteiger partial charge in [-0.2, -0.15) is 0 Å². The molecule has 0 bridgehead atoms. The highest BCUT2D eigenvalue weighted by Crippen LogP contribution is 2.60. The van der Waals surface area contributed by atoms with Crippen molar-refractivity contribution in [1.82, 2.24) is 10.6 Å². The molecule has 254 valence electrons. The lowest BCUT2D eigenvalue weighted by Crippen LogP contribution is -2.46. The third-order valence-corrected chi connectivity index (χ3v) is 13.0. The predicted octanol–water partition coefficient (Wildman–Crippen LogP) is 3.29. The second-order valence-corrected chi connectivity index (χ2v) is 18.2. The summed E-state index contributed by atoms with van der Waals surface area (Å²) >= 11 is 0. The molecule has 3 amide bonds. The topological polar surface area (TPSA) is 152 Å². The van der Waals surface area contributed by atoms with E-state index in [4.69, 9.17) is 4.74 Å². The SMILES string of the molecule is C[C@H]1[C@H]([Si](C)(C)O)[C@@H](CCO)O[C@]12C(=O)N(Cc1cccc(NC(=O)C3CCCNC3)c1)c1ccc(NC(=O)C3CCCNC3)cc12. The van der Waals surface area contributed by atoms with E-state index in [2.05, 4.69) is 21.3 Å². The quantitative estimate of drug-likeness (QED) is 0.224. The molecule has 6 rings (SSSR count). The van der Waals surface area contributed by atoms with Gasteiger partial charge < -0.3 is 40.8 Å². The molecule has 3 fully saturated rings. The minimum Gasteiger partial charge on any atom is -0.432 e. The molecule has 2 aromatic rings. The fourth-order valence-corrected chi connectivity index (χ4v) is 10.9. The number of fused-ring (bicyclic) bond motifs is 2. The number of ether oxygens (including phenoxy) is 1. The van der Waals surface area contributed by atoms with Crippen molar-refractivity contribution in [1.29, 1.82) is 0 Å². The van der Waals surface area contributed by atoms with Gasteiger partial charge in [-0.1, -0.05) is 19.1 Å². The van der Waals surface area contributed by atoms with Crippen LogP contribution in [0.4, 0.5) is 17.1 Å². The molecule has 4 heterocycles. The van der Waals surface area contributed by atoms with Gasteiger partial charge in [-0.15, -0.1) is 0 Å². The van der Waals surface area contributed by atoms with Gasteiger partial charge in [0.15, 0.2) is 13.9 Å². The van der Waals surface area contributed by atoms with Crippen LogP contribution >= 0.6 is 0 Å². The molecule has 3 saturated heterocycles. The summed E-state index contributed by atoms with van der Waals surface area (Å²) in [5, 5.41) is 22.7. The van der Waals surface area contributed by atoms with Crippen LogP contribution in [0.25, 0.3) is 0 Å². The molecule has 0 aliphatic carbocycles. The van der Waals surface area contributed by atoms with Gasteiger partial charge in [0.1, 0.15) is 0 Å². The average molecular weight is 664 g/mol. The van der Waals surface area contributed by atoms with Crippen LogP contribution in [-0.4, -0.2) is 74.8 Å². The molecule has 2 unspecified atom stereocenters. The lowest BCUT2D eigenvalue weighted by molar-refractivity contribution is -0.146. The number of rotatable bonds is 9. The van der Waals surface area contributed by atoms with Crippen LogP contribution < -0.4 is 26.2 Å². The molecule has 47 heavy (non-hydrogen) atoms. The Labute approximate surface area is 278 Å². The van der Waals surface area contributed by atoms with Gasteiger partial charge in [-0.3, -0.25) is 14.4 Å². The Kier molecular flexibility index (Phi) is 9.89. The normalized spacial score (nSPS) is 29.2. The molecule has 0 radical (unpaired) electrons. The monoisotopic (exact) mass is 663 g/mol.